The van der Waals surface area contributed by atoms with Crippen LogP contribution in [0.3, 0.4) is 0 Å². The van der Waals surface area contributed by atoms with Crippen LogP contribution in [0.15, 0.2) is 24.3 Å². The van der Waals surface area contributed by atoms with Crippen LogP contribution in [0.2, 0.25) is 0 Å². The number of amides is 1. The first-order valence-corrected chi connectivity index (χ1v) is 4.72. The predicted octanol–water partition coefficient (Wildman–Crippen LogP) is 2.19. The van der Waals surface area contributed by atoms with Crippen LogP contribution < -0.4 is 5.32 Å². The van der Waals surface area contributed by atoms with Gasteiger partial charge in [-0.3, -0.25) is 5.32 Å². The standard InChI is InChI=1S/C11H15NO3/c1-9-3-5-10(6-4-9)12-11(13)15-8-7-14-2/h3-6H,7-8H2,1-2H3,(H,12,13). The molecule has 1 aromatic rings. The lowest BCUT2D eigenvalue weighted by atomic mass is 10.2. The summed E-state index contributed by atoms with van der Waals surface area (Å²) in [6.45, 7) is 2.65. The Morgan fingerprint density at radius 3 is 2.53 bits per heavy atom. The Bertz CT molecular complexity index is 308. The third-order valence-electron chi connectivity index (χ3n) is 1.82. The van der Waals surface area contributed by atoms with Crippen molar-refractivity contribution >= 4 is 11.8 Å². The van der Waals surface area contributed by atoms with Crippen LogP contribution in [0.1, 0.15) is 5.56 Å². The fraction of sp³-hybridized carbons (Fsp3) is 0.364. The lowest BCUT2D eigenvalue weighted by Crippen LogP contribution is -2.16. The summed E-state index contributed by atoms with van der Waals surface area (Å²) in [6, 6.07) is 7.50. The van der Waals surface area contributed by atoms with Crippen molar-refractivity contribution in [2.45, 2.75) is 6.92 Å². The second kappa shape index (κ2) is 6.03. The molecule has 0 saturated carbocycles. The van der Waals surface area contributed by atoms with Crippen molar-refractivity contribution in [3.63, 3.8) is 0 Å². The van der Waals surface area contributed by atoms with Gasteiger partial charge in [-0.25, -0.2) is 4.79 Å². The van der Waals surface area contributed by atoms with E-state index in [1.165, 1.54) is 0 Å². The van der Waals surface area contributed by atoms with Crippen LogP contribution in [0, 0.1) is 6.92 Å². The molecule has 1 N–H and O–H groups in total. The van der Waals surface area contributed by atoms with E-state index in [0.29, 0.717) is 6.61 Å². The van der Waals surface area contributed by atoms with Crippen molar-refractivity contribution in [1.82, 2.24) is 0 Å². The minimum Gasteiger partial charge on any atom is -0.447 e. The Labute approximate surface area is 89.2 Å². The fourth-order valence-electron chi connectivity index (χ4n) is 1.01. The van der Waals surface area contributed by atoms with E-state index in [-0.39, 0.29) is 6.61 Å². The molecule has 82 valence electrons. The van der Waals surface area contributed by atoms with E-state index >= 15 is 0 Å². The molecule has 0 atom stereocenters. The van der Waals surface area contributed by atoms with Crippen molar-refractivity contribution < 1.29 is 14.3 Å². The van der Waals surface area contributed by atoms with Gasteiger partial charge in [0.25, 0.3) is 0 Å². The van der Waals surface area contributed by atoms with Gasteiger partial charge in [0.2, 0.25) is 0 Å². The molecule has 1 amide bonds. The number of benzene rings is 1. The Kier molecular flexibility index (Phi) is 4.63. The van der Waals surface area contributed by atoms with Crippen LogP contribution in [0.4, 0.5) is 10.5 Å². The van der Waals surface area contributed by atoms with Crippen molar-refractivity contribution in [2.24, 2.45) is 0 Å². The molecule has 0 aliphatic rings. The number of nitrogens with one attached hydrogen (secondary N) is 1. The number of aryl methyl sites for hydroxylation is 1. The first kappa shape index (κ1) is 11.5. The average molecular weight is 209 g/mol. The highest BCUT2D eigenvalue weighted by atomic mass is 16.6. The first-order chi connectivity index (χ1) is 7.22. The Morgan fingerprint density at radius 2 is 1.93 bits per heavy atom. The zero-order chi connectivity index (χ0) is 11.1. The molecule has 0 saturated heterocycles. The summed E-state index contributed by atoms with van der Waals surface area (Å²) in [5.74, 6) is 0. The molecule has 0 heterocycles. The number of anilines is 1. The quantitative estimate of drug-likeness (QED) is 0.773. The van der Waals surface area contributed by atoms with Gasteiger partial charge < -0.3 is 9.47 Å². The molecule has 4 heteroatoms. The lowest BCUT2D eigenvalue weighted by Gasteiger charge is -2.06. The average Bonchev–Trinajstić information content (AvgIpc) is 2.22. The molecule has 0 fully saturated rings. The summed E-state index contributed by atoms with van der Waals surface area (Å²) in [6.07, 6.45) is -0.462. The van der Waals surface area contributed by atoms with Crippen molar-refractivity contribution in [3.05, 3.63) is 29.8 Å². The topological polar surface area (TPSA) is 47.6 Å². The van der Waals surface area contributed by atoms with Crippen LogP contribution in [-0.2, 0) is 9.47 Å². The summed E-state index contributed by atoms with van der Waals surface area (Å²) in [7, 11) is 1.56. The molecule has 0 aliphatic heterocycles. The van der Waals surface area contributed by atoms with Gasteiger partial charge in [0.1, 0.15) is 6.61 Å². The van der Waals surface area contributed by atoms with Gasteiger partial charge in [-0.1, -0.05) is 17.7 Å². The summed E-state index contributed by atoms with van der Waals surface area (Å²) in [5, 5.41) is 2.61. The van der Waals surface area contributed by atoms with Crippen LogP contribution in [-0.4, -0.2) is 26.4 Å². The van der Waals surface area contributed by atoms with E-state index < -0.39 is 6.09 Å². The molecular formula is C11H15NO3. The van der Waals surface area contributed by atoms with Gasteiger partial charge in [-0.2, -0.15) is 0 Å². The number of carbonyl (C=O) groups is 1. The van der Waals surface area contributed by atoms with E-state index in [4.69, 9.17) is 9.47 Å². The van der Waals surface area contributed by atoms with E-state index in [1.54, 1.807) is 7.11 Å². The number of rotatable bonds is 4. The molecule has 0 aliphatic carbocycles. The van der Waals surface area contributed by atoms with Gasteiger partial charge in [-0.05, 0) is 19.1 Å². The maximum absolute atomic E-state index is 11.2. The zero-order valence-corrected chi connectivity index (χ0v) is 8.95. The number of methoxy groups -OCH3 is 1. The highest BCUT2D eigenvalue weighted by Crippen LogP contribution is 2.08. The second-order valence-electron chi connectivity index (χ2n) is 3.12. The van der Waals surface area contributed by atoms with E-state index in [9.17, 15) is 4.79 Å². The molecule has 0 radical (unpaired) electrons. The molecule has 0 spiro atoms. The summed E-state index contributed by atoms with van der Waals surface area (Å²) >= 11 is 0. The van der Waals surface area contributed by atoms with E-state index in [1.807, 2.05) is 31.2 Å². The maximum Gasteiger partial charge on any atom is 0.411 e. The van der Waals surface area contributed by atoms with Crippen molar-refractivity contribution in [3.8, 4) is 0 Å². The summed E-state index contributed by atoms with van der Waals surface area (Å²) in [4.78, 5) is 11.2. The second-order valence-corrected chi connectivity index (χ2v) is 3.12. The Hall–Kier alpha value is -1.55. The number of ether oxygens (including phenoxy) is 2. The Morgan fingerprint density at radius 1 is 1.27 bits per heavy atom. The first-order valence-electron chi connectivity index (χ1n) is 4.72. The van der Waals surface area contributed by atoms with Crippen molar-refractivity contribution in [2.75, 3.05) is 25.6 Å². The highest BCUT2D eigenvalue weighted by molar-refractivity contribution is 5.84. The minimum absolute atomic E-state index is 0.258. The number of carbonyl (C=O) groups excluding carboxylic acids is 1. The normalized spacial score (nSPS) is 9.73. The van der Waals surface area contributed by atoms with E-state index in [2.05, 4.69) is 5.32 Å². The molecule has 0 bridgehead atoms. The van der Waals surface area contributed by atoms with Crippen LogP contribution >= 0.6 is 0 Å². The van der Waals surface area contributed by atoms with Gasteiger partial charge in [0.15, 0.2) is 0 Å². The molecule has 1 aromatic carbocycles. The smallest absolute Gasteiger partial charge is 0.411 e. The SMILES string of the molecule is COCCOC(=O)Nc1ccc(C)cc1. The summed E-state index contributed by atoms with van der Waals surface area (Å²) < 4.78 is 9.59. The van der Waals surface area contributed by atoms with Gasteiger partial charge in [0.05, 0.1) is 6.61 Å². The van der Waals surface area contributed by atoms with Crippen molar-refractivity contribution in [1.29, 1.82) is 0 Å². The molecule has 1 rings (SSSR count). The molecule has 0 unspecified atom stereocenters. The predicted molar refractivity (Wildman–Crippen MR) is 58.0 cm³/mol. The monoisotopic (exact) mass is 209 g/mol. The van der Waals surface area contributed by atoms with E-state index in [0.717, 1.165) is 11.3 Å². The third kappa shape index (κ3) is 4.46. The lowest BCUT2D eigenvalue weighted by molar-refractivity contribution is 0.107. The van der Waals surface area contributed by atoms with Gasteiger partial charge >= 0.3 is 6.09 Å². The number of hydrogen-bond acceptors (Lipinski definition) is 3. The Balaban J connectivity index is 2.34. The van der Waals surface area contributed by atoms with Gasteiger partial charge in [-0.15, -0.1) is 0 Å². The highest BCUT2D eigenvalue weighted by Gasteiger charge is 2.01. The molecular weight excluding hydrogens is 194 g/mol. The summed E-state index contributed by atoms with van der Waals surface area (Å²) in [5.41, 5.74) is 1.87. The maximum atomic E-state index is 11.2. The molecule has 15 heavy (non-hydrogen) atoms. The molecule has 0 aromatic heterocycles. The zero-order valence-electron chi connectivity index (χ0n) is 8.95. The fourth-order valence-corrected chi connectivity index (χ4v) is 1.01. The number of hydrogen-bond donors (Lipinski definition) is 1. The largest absolute Gasteiger partial charge is 0.447 e. The van der Waals surface area contributed by atoms with Crippen LogP contribution in [0.25, 0.3) is 0 Å². The van der Waals surface area contributed by atoms with Crippen LogP contribution in [0.5, 0.6) is 0 Å². The molecule has 4 nitrogen and oxygen atoms in total. The third-order valence-corrected chi connectivity index (χ3v) is 1.82. The van der Waals surface area contributed by atoms with Gasteiger partial charge in [0, 0.05) is 12.8 Å². The minimum atomic E-state index is -0.462.